The first-order valence-corrected chi connectivity index (χ1v) is 10.5. The number of aromatic amines is 1. The van der Waals surface area contributed by atoms with Crippen LogP contribution in [-0.4, -0.2) is 16.3 Å². The Morgan fingerprint density at radius 1 is 1.13 bits per heavy atom. The van der Waals surface area contributed by atoms with Crippen molar-refractivity contribution in [3.63, 3.8) is 0 Å². The van der Waals surface area contributed by atoms with Crippen LogP contribution in [0.1, 0.15) is 54.6 Å². The Bertz CT molecular complexity index is 1040. The van der Waals surface area contributed by atoms with Gasteiger partial charge in [-0.1, -0.05) is 54.1 Å². The number of nitrogens with one attached hydrogen (secondary N) is 2. The van der Waals surface area contributed by atoms with E-state index in [9.17, 15) is 4.79 Å². The third-order valence-corrected chi connectivity index (χ3v) is 5.56. The Morgan fingerprint density at radius 2 is 1.87 bits per heavy atom. The smallest absolute Gasteiger partial charge is 0.389 e. The van der Waals surface area contributed by atoms with Crippen LogP contribution < -0.4 is 10.1 Å². The van der Waals surface area contributed by atoms with Gasteiger partial charge in [0.1, 0.15) is 0 Å². The van der Waals surface area contributed by atoms with Crippen LogP contribution in [0.3, 0.4) is 0 Å². The molecule has 1 heterocycles. The van der Waals surface area contributed by atoms with Crippen molar-refractivity contribution in [2.45, 2.75) is 38.6 Å². The van der Waals surface area contributed by atoms with E-state index in [0.717, 1.165) is 53.6 Å². The summed E-state index contributed by atoms with van der Waals surface area (Å²) >= 11 is 6.00. The second-order valence-corrected chi connectivity index (χ2v) is 7.91. The molecule has 1 aliphatic carbocycles. The lowest BCUT2D eigenvalue weighted by molar-refractivity contribution is 0.194. The molecule has 1 atom stereocenters. The van der Waals surface area contributed by atoms with Crippen LogP contribution in [0.4, 0.5) is 4.79 Å². The van der Waals surface area contributed by atoms with Gasteiger partial charge in [0, 0.05) is 10.6 Å². The fourth-order valence-corrected chi connectivity index (χ4v) is 3.82. The van der Waals surface area contributed by atoms with Crippen LogP contribution in [0.5, 0.6) is 5.88 Å². The molecule has 0 saturated carbocycles. The number of rotatable bonds is 4. The molecule has 1 amide bonds. The van der Waals surface area contributed by atoms with Crippen molar-refractivity contribution in [1.29, 1.82) is 0 Å². The van der Waals surface area contributed by atoms with Crippen LogP contribution >= 0.6 is 11.6 Å². The fraction of sp³-hybridized carbons (Fsp3) is 0.250. The third-order valence-electron chi connectivity index (χ3n) is 5.31. The average molecular weight is 422 g/mol. The summed E-state index contributed by atoms with van der Waals surface area (Å²) in [6, 6.07) is 17.4. The van der Waals surface area contributed by atoms with Crippen molar-refractivity contribution in [1.82, 2.24) is 15.5 Å². The Labute approximate surface area is 181 Å². The zero-order valence-electron chi connectivity index (χ0n) is 16.8. The van der Waals surface area contributed by atoms with Crippen LogP contribution in [-0.2, 0) is 6.42 Å². The highest BCUT2D eigenvalue weighted by Crippen LogP contribution is 2.34. The largest absolute Gasteiger partial charge is 0.414 e. The Kier molecular flexibility index (Phi) is 6.19. The summed E-state index contributed by atoms with van der Waals surface area (Å²) in [4.78, 5) is 12.5. The molecule has 0 unspecified atom stereocenters. The standard InChI is InChI=1S/C24H24ClN3O2/c1-16(18-7-3-2-4-8-18)26-24(29)30-23-21-10-6-5-9-19(22(21)27-28-23)15-17-11-13-20(25)14-12-17/h2-4,7-8,11-16H,5-6,9-10H2,1H3,(H,26,29)(H,27,28)/b19-15+/t16-/m1/s1. The van der Waals surface area contributed by atoms with Crippen molar-refractivity contribution in [2.75, 3.05) is 0 Å². The maximum atomic E-state index is 12.5. The molecule has 5 nitrogen and oxygen atoms in total. The normalized spacial score (nSPS) is 15.9. The molecule has 0 bridgehead atoms. The van der Waals surface area contributed by atoms with Gasteiger partial charge < -0.3 is 10.1 Å². The lowest BCUT2D eigenvalue weighted by Crippen LogP contribution is -2.29. The minimum atomic E-state index is -0.506. The molecule has 3 aromatic rings. The molecule has 0 saturated heterocycles. The summed E-state index contributed by atoms with van der Waals surface area (Å²) < 4.78 is 5.58. The monoisotopic (exact) mass is 421 g/mol. The number of fused-ring (bicyclic) bond motifs is 1. The Hall–Kier alpha value is -3.05. The molecule has 0 spiro atoms. The highest BCUT2D eigenvalue weighted by atomic mass is 35.5. The zero-order chi connectivity index (χ0) is 20.9. The molecular formula is C24H24ClN3O2. The first-order chi connectivity index (χ1) is 14.6. The number of carbonyl (C=O) groups is 1. The van der Waals surface area contributed by atoms with Crippen molar-refractivity contribution in [3.05, 3.63) is 82.0 Å². The first kappa shape index (κ1) is 20.2. The van der Waals surface area contributed by atoms with Gasteiger partial charge in [0.2, 0.25) is 5.88 Å². The van der Waals surface area contributed by atoms with Crippen LogP contribution in [0, 0.1) is 0 Å². The van der Waals surface area contributed by atoms with E-state index in [0.29, 0.717) is 10.9 Å². The Balaban J connectivity index is 1.52. The van der Waals surface area contributed by atoms with Gasteiger partial charge in [-0.2, -0.15) is 0 Å². The average Bonchev–Trinajstić information content (AvgIpc) is 3.03. The van der Waals surface area contributed by atoms with E-state index in [1.165, 1.54) is 0 Å². The molecule has 0 aliphatic heterocycles. The molecule has 2 N–H and O–H groups in total. The number of hydrogen-bond acceptors (Lipinski definition) is 3. The lowest BCUT2D eigenvalue weighted by atomic mass is 10.0. The highest BCUT2D eigenvalue weighted by molar-refractivity contribution is 6.30. The van der Waals surface area contributed by atoms with Crippen LogP contribution in [0.15, 0.2) is 54.6 Å². The predicted molar refractivity (Wildman–Crippen MR) is 119 cm³/mol. The highest BCUT2D eigenvalue weighted by Gasteiger charge is 2.22. The maximum Gasteiger partial charge on any atom is 0.414 e. The number of H-pyrrole nitrogens is 1. The number of hydrogen-bond donors (Lipinski definition) is 2. The van der Waals surface area contributed by atoms with Crippen molar-refractivity contribution >= 4 is 29.3 Å². The lowest BCUT2D eigenvalue weighted by Gasteiger charge is -2.13. The first-order valence-electron chi connectivity index (χ1n) is 10.2. The third kappa shape index (κ3) is 4.74. The van der Waals surface area contributed by atoms with E-state index < -0.39 is 6.09 Å². The van der Waals surface area contributed by atoms with Crippen molar-refractivity contribution in [3.8, 4) is 5.88 Å². The summed E-state index contributed by atoms with van der Waals surface area (Å²) in [6.45, 7) is 1.93. The van der Waals surface area contributed by atoms with Gasteiger partial charge in [-0.15, -0.1) is 5.10 Å². The van der Waals surface area contributed by atoms with Crippen LogP contribution in [0.2, 0.25) is 5.02 Å². The molecular weight excluding hydrogens is 398 g/mol. The van der Waals surface area contributed by atoms with E-state index in [-0.39, 0.29) is 6.04 Å². The van der Waals surface area contributed by atoms with Gasteiger partial charge in [0.05, 0.1) is 11.7 Å². The number of nitrogens with zero attached hydrogens (tertiary/aromatic N) is 1. The quantitative estimate of drug-likeness (QED) is 0.494. The Morgan fingerprint density at radius 3 is 2.63 bits per heavy atom. The minimum Gasteiger partial charge on any atom is -0.389 e. The predicted octanol–water partition coefficient (Wildman–Crippen LogP) is 6.18. The summed E-state index contributed by atoms with van der Waals surface area (Å²) in [6.07, 6.45) is 5.48. The SMILES string of the molecule is C[C@@H](NC(=O)Oc1n[nH]c2c1CCCC/C2=C\c1ccc(Cl)cc1)c1ccccc1. The van der Waals surface area contributed by atoms with Gasteiger partial charge >= 0.3 is 6.09 Å². The van der Waals surface area contributed by atoms with Gasteiger partial charge in [-0.25, -0.2) is 4.79 Å². The molecule has 0 radical (unpaired) electrons. The number of carbonyl (C=O) groups excluding carboxylic acids is 1. The molecule has 30 heavy (non-hydrogen) atoms. The van der Waals surface area contributed by atoms with E-state index in [2.05, 4.69) is 21.6 Å². The summed E-state index contributed by atoms with van der Waals surface area (Å²) in [5.74, 6) is 0.353. The minimum absolute atomic E-state index is 0.156. The number of benzene rings is 2. The molecule has 6 heteroatoms. The molecule has 0 fully saturated rings. The van der Waals surface area contributed by atoms with Crippen LogP contribution in [0.25, 0.3) is 11.6 Å². The number of halogens is 1. The van der Waals surface area contributed by atoms with Gasteiger partial charge in [-0.3, -0.25) is 5.10 Å². The van der Waals surface area contributed by atoms with E-state index in [4.69, 9.17) is 16.3 Å². The molecule has 1 aromatic heterocycles. The fourth-order valence-electron chi connectivity index (χ4n) is 3.70. The topological polar surface area (TPSA) is 67.0 Å². The van der Waals surface area contributed by atoms with Crippen molar-refractivity contribution in [2.24, 2.45) is 0 Å². The summed E-state index contributed by atoms with van der Waals surface area (Å²) in [5, 5.41) is 11.0. The van der Waals surface area contributed by atoms with E-state index >= 15 is 0 Å². The second-order valence-electron chi connectivity index (χ2n) is 7.48. The summed E-state index contributed by atoms with van der Waals surface area (Å²) in [7, 11) is 0. The second kappa shape index (κ2) is 9.18. The van der Waals surface area contributed by atoms with E-state index in [1.54, 1.807) is 0 Å². The van der Waals surface area contributed by atoms with Gasteiger partial charge in [0.15, 0.2) is 0 Å². The maximum absolute atomic E-state index is 12.5. The van der Waals surface area contributed by atoms with E-state index in [1.807, 2.05) is 61.5 Å². The number of aromatic nitrogens is 2. The molecule has 1 aliphatic rings. The number of ether oxygens (including phenoxy) is 1. The number of amides is 1. The zero-order valence-corrected chi connectivity index (χ0v) is 17.6. The molecule has 4 rings (SSSR count). The molecule has 154 valence electrons. The number of allylic oxidation sites excluding steroid dienone is 1. The van der Waals surface area contributed by atoms with Crippen molar-refractivity contribution < 1.29 is 9.53 Å². The van der Waals surface area contributed by atoms with Gasteiger partial charge in [0.25, 0.3) is 0 Å². The molecule has 2 aromatic carbocycles. The van der Waals surface area contributed by atoms with Gasteiger partial charge in [-0.05, 0) is 67.5 Å². The summed E-state index contributed by atoms with van der Waals surface area (Å²) in [5.41, 5.74) is 5.15.